The molecule has 1 atom stereocenters. The van der Waals surface area contributed by atoms with E-state index in [4.69, 9.17) is 4.74 Å². The molecule has 0 aliphatic carbocycles. The van der Waals surface area contributed by atoms with Crippen LogP contribution in [0.2, 0.25) is 0 Å². The normalized spacial score (nSPS) is 11.9. The number of nitrogens with one attached hydrogen (secondary N) is 2. The summed E-state index contributed by atoms with van der Waals surface area (Å²) in [7, 11) is 0. The number of benzene rings is 1. The van der Waals surface area contributed by atoms with Crippen molar-refractivity contribution in [1.29, 1.82) is 0 Å². The number of aromatic nitrogens is 1. The molecule has 2 N–H and O–H groups in total. The molecule has 1 heterocycles. The van der Waals surface area contributed by atoms with Gasteiger partial charge in [0.1, 0.15) is 11.8 Å². The van der Waals surface area contributed by atoms with E-state index in [9.17, 15) is 9.59 Å². The molecule has 0 aliphatic rings. The first-order valence-corrected chi connectivity index (χ1v) is 9.06. The topological polar surface area (TPSA) is 80.3 Å². The monoisotopic (exact) mass is 361 g/mol. The molecule has 1 aromatic heterocycles. The summed E-state index contributed by atoms with van der Waals surface area (Å²) < 4.78 is 5.62. The van der Waals surface area contributed by atoms with Crippen LogP contribution < -0.4 is 15.4 Å². The van der Waals surface area contributed by atoms with Gasteiger partial charge in [0.05, 0.1) is 12.3 Å². The summed E-state index contributed by atoms with van der Waals surface area (Å²) in [6.45, 7) is 7.65. The summed E-state index contributed by atoms with van der Waals surface area (Å²) in [6, 6.07) is 7.05. The second-order valence-corrected chi connectivity index (χ2v) is 6.74. The highest BCUT2D eigenvalue weighted by atomic mass is 32.1. The molecule has 0 aliphatic heterocycles. The van der Waals surface area contributed by atoms with Crippen LogP contribution in [0.3, 0.4) is 0 Å². The summed E-state index contributed by atoms with van der Waals surface area (Å²) in [4.78, 5) is 28.2. The molecule has 134 valence electrons. The van der Waals surface area contributed by atoms with Crippen molar-refractivity contribution >= 4 is 28.3 Å². The number of carbonyl (C=O) groups excluding carboxylic acids is 2. The third-order valence-corrected chi connectivity index (χ3v) is 4.26. The fourth-order valence-electron chi connectivity index (χ4n) is 2.35. The molecule has 25 heavy (non-hydrogen) atoms. The van der Waals surface area contributed by atoms with Gasteiger partial charge in [-0.05, 0) is 25.0 Å². The minimum atomic E-state index is -0.597. The van der Waals surface area contributed by atoms with Crippen molar-refractivity contribution in [1.82, 2.24) is 10.3 Å². The number of hydrogen-bond acceptors (Lipinski definition) is 5. The lowest BCUT2D eigenvalue weighted by molar-refractivity contribution is -0.126. The van der Waals surface area contributed by atoms with Crippen molar-refractivity contribution in [3.05, 3.63) is 29.6 Å². The Morgan fingerprint density at radius 3 is 2.64 bits per heavy atom. The minimum absolute atomic E-state index is 0.0259. The molecule has 2 amide bonds. The molecule has 1 aromatic carbocycles. The summed E-state index contributed by atoms with van der Waals surface area (Å²) in [5.41, 5.74) is 1.62. The molecule has 6 nitrogen and oxygen atoms in total. The Morgan fingerprint density at radius 1 is 1.28 bits per heavy atom. The van der Waals surface area contributed by atoms with Gasteiger partial charge in [-0.25, -0.2) is 4.98 Å². The van der Waals surface area contributed by atoms with Crippen LogP contribution in [0, 0.1) is 5.92 Å². The lowest BCUT2D eigenvalue weighted by Crippen LogP contribution is -2.46. The number of anilines is 1. The van der Waals surface area contributed by atoms with Gasteiger partial charge in [-0.1, -0.05) is 26.0 Å². The van der Waals surface area contributed by atoms with Gasteiger partial charge in [-0.2, -0.15) is 0 Å². The number of ether oxygens (including phenoxy) is 1. The maximum atomic E-state index is 12.4. The maximum absolute atomic E-state index is 12.4. The quantitative estimate of drug-likeness (QED) is 0.793. The van der Waals surface area contributed by atoms with E-state index in [0.29, 0.717) is 11.7 Å². The minimum Gasteiger partial charge on any atom is -0.493 e. The number of para-hydroxylation sites is 1. The Bertz CT molecular complexity index is 743. The van der Waals surface area contributed by atoms with Crippen LogP contribution in [0.25, 0.3) is 11.3 Å². The maximum Gasteiger partial charge on any atom is 0.248 e. The number of nitrogens with zero attached hydrogens (tertiary/aromatic N) is 1. The van der Waals surface area contributed by atoms with Crippen LogP contribution in [0.5, 0.6) is 5.75 Å². The fourth-order valence-corrected chi connectivity index (χ4v) is 3.07. The lowest BCUT2D eigenvalue weighted by Gasteiger charge is -2.20. The predicted octanol–water partition coefficient (Wildman–Crippen LogP) is 3.31. The van der Waals surface area contributed by atoms with Gasteiger partial charge < -0.3 is 15.4 Å². The molecule has 1 unspecified atom stereocenters. The summed E-state index contributed by atoms with van der Waals surface area (Å²) >= 11 is 1.34. The summed E-state index contributed by atoms with van der Waals surface area (Å²) in [5.74, 6) is 0.219. The van der Waals surface area contributed by atoms with Crippen molar-refractivity contribution in [2.75, 3.05) is 11.9 Å². The molecule has 2 aromatic rings. The standard InChI is InChI=1S/C18H23N3O3S/c1-5-24-15-9-7-6-8-13(15)14-10-25-18(20-14)21-17(23)16(11(2)3)19-12(4)22/h6-11,16H,5H2,1-4H3,(H,19,22)(H,20,21,23). The lowest BCUT2D eigenvalue weighted by atomic mass is 10.0. The average molecular weight is 361 g/mol. The molecule has 0 bridgehead atoms. The zero-order valence-corrected chi connectivity index (χ0v) is 15.6. The first-order valence-electron chi connectivity index (χ1n) is 8.18. The van der Waals surface area contributed by atoms with Crippen molar-refractivity contribution in [3.8, 4) is 17.0 Å². The van der Waals surface area contributed by atoms with Crippen LogP contribution in [-0.4, -0.2) is 29.4 Å². The third-order valence-electron chi connectivity index (χ3n) is 3.51. The molecular weight excluding hydrogens is 338 g/mol. The van der Waals surface area contributed by atoms with Gasteiger partial charge in [0.2, 0.25) is 11.8 Å². The Labute approximate surface area is 151 Å². The van der Waals surface area contributed by atoms with E-state index < -0.39 is 6.04 Å². The van der Waals surface area contributed by atoms with E-state index >= 15 is 0 Å². The molecule has 7 heteroatoms. The van der Waals surface area contributed by atoms with Gasteiger partial charge >= 0.3 is 0 Å². The van der Waals surface area contributed by atoms with Crippen molar-refractivity contribution < 1.29 is 14.3 Å². The first-order chi connectivity index (χ1) is 11.9. The average Bonchev–Trinajstić information content (AvgIpc) is 3.01. The largest absolute Gasteiger partial charge is 0.493 e. The molecule has 2 rings (SSSR count). The van der Waals surface area contributed by atoms with Gasteiger partial charge in [0.15, 0.2) is 5.13 Å². The molecule has 0 spiro atoms. The van der Waals surface area contributed by atoms with Gasteiger partial charge in [0.25, 0.3) is 0 Å². The number of rotatable bonds is 7. The number of thiazole rings is 1. The second kappa shape index (κ2) is 8.62. The first kappa shape index (κ1) is 18.9. The number of hydrogen-bond donors (Lipinski definition) is 2. The summed E-state index contributed by atoms with van der Waals surface area (Å²) in [5, 5.41) is 7.81. The zero-order valence-electron chi connectivity index (χ0n) is 14.8. The third kappa shape index (κ3) is 5.03. The molecular formula is C18H23N3O3S. The van der Waals surface area contributed by atoms with E-state index in [1.54, 1.807) is 0 Å². The van der Waals surface area contributed by atoms with Gasteiger partial charge in [0, 0.05) is 17.9 Å². The van der Waals surface area contributed by atoms with E-state index in [1.807, 2.05) is 50.4 Å². The summed E-state index contributed by atoms with van der Waals surface area (Å²) in [6.07, 6.45) is 0. The van der Waals surface area contributed by atoms with Crippen LogP contribution in [-0.2, 0) is 9.59 Å². The van der Waals surface area contributed by atoms with E-state index in [1.165, 1.54) is 18.3 Å². The van der Waals surface area contributed by atoms with Crippen molar-refractivity contribution in [2.45, 2.75) is 33.7 Å². The SMILES string of the molecule is CCOc1ccccc1-c1csc(NC(=O)C(NC(C)=O)C(C)C)n1. The molecule has 0 fully saturated rings. The number of carbonyl (C=O) groups is 2. The Morgan fingerprint density at radius 2 is 2.00 bits per heavy atom. The van der Waals surface area contributed by atoms with Crippen molar-refractivity contribution in [3.63, 3.8) is 0 Å². The molecule has 0 radical (unpaired) electrons. The van der Waals surface area contributed by atoms with Crippen molar-refractivity contribution in [2.24, 2.45) is 5.92 Å². The van der Waals surface area contributed by atoms with Crippen LogP contribution in [0.4, 0.5) is 5.13 Å². The van der Waals surface area contributed by atoms with Crippen LogP contribution >= 0.6 is 11.3 Å². The predicted molar refractivity (Wildman–Crippen MR) is 99.8 cm³/mol. The number of amides is 2. The van der Waals surface area contributed by atoms with Crippen LogP contribution in [0.1, 0.15) is 27.7 Å². The molecule has 0 saturated carbocycles. The Hall–Kier alpha value is -2.41. The fraction of sp³-hybridized carbons (Fsp3) is 0.389. The Kier molecular flexibility index (Phi) is 6.52. The van der Waals surface area contributed by atoms with E-state index in [-0.39, 0.29) is 17.7 Å². The van der Waals surface area contributed by atoms with Gasteiger partial charge in [-0.15, -0.1) is 11.3 Å². The highest BCUT2D eigenvalue weighted by Gasteiger charge is 2.24. The van der Waals surface area contributed by atoms with E-state index in [0.717, 1.165) is 17.0 Å². The van der Waals surface area contributed by atoms with Gasteiger partial charge in [-0.3, -0.25) is 9.59 Å². The smallest absolute Gasteiger partial charge is 0.248 e. The highest BCUT2D eigenvalue weighted by Crippen LogP contribution is 2.32. The Balaban J connectivity index is 2.16. The van der Waals surface area contributed by atoms with Crippen LogP contribution in [0.15, 0.2) is 29.6 Å². The molecule has 0 saturated heterocycles. The zero-order chi connectivity index (χ0) is 18.4. The second-order valence-electron chi connectivity index (χ2n) is 5.88. The van der Waals surface area contributed by atoms with E-state index in [2.05, 4.69) is 15.6 Å². The highest BCUT2D eigenvalue weighted by molar-refractivity contribution is 7.14.